The molecule has 0 radical (unpaired) electrons. The summed E-state index contributed by atoms with van der Waals surface area (Å²) in [5, 5.41) is 9.73. The van der Waals surface area contributed by atoms with Gasteiger partial charge in [0.25, 0.3) is 5.91 Å². The van der Waals surface area contributed by atoms with Crippen molar-refractivity contribution in [1.29, 1.82) is 5.26 Å². The maximum Gasteiger partial charge on any atom is 0.339 e. The van der Waals surface area contributed by atoms with Gasteiger partial charge >= 0.3 is 5.97 Å². The highest BCUT2D eigenvalue weighted by Crippen LogP contribution is 2.19. The van der Waals surface area contributed by atoms with Crippen LogP contribution >= 0.6 is 0 Å². The number of hydrogen-bond donors (Lipinski definition) is 0. The van der Waals surface area contributed by atoms with E-state index in [1.165, 1.54) is 11.9 Å². The zero-order valence-electron chi connectivity index (χ0n) is 14.2. The van der Waals surface area contributed by atoms with E-state index in [1.807, 2.05) is 24.3 Å². The minimum absolute atomic E-state index is 0.369. The molecular formula is C18H19N3O3. The minimum atomic E-state index is -0.969. The van der Waals surface area contributed by atoms with Gasteiger partial charge in [0.1, 0.15) is 5.54 Å². The molecular weight excluding hydrogens is 306 g/mol. The standard InChI is InChI=1S/C18H19N3O3/c1-12-9-14(13-7-5-6-8-15(13)20-12)17(23)24-10-16(22)21(4)18(2,3)11-19/h5-9H,10H2,1-4H3. The van der Waals surface area contributed by atoms with Gasteiger partial charge in [-0.05, 0) is 32.9 Å². The number of para-hydroxylation sites is 1. The Morgan fingerprint density at radius 3 is 2.67 bits per heavy atom. The number of pyridine rings is 1. The van der Waals surface area contributed by atoms with Gasteiger partial charge in [0.15, 0.2) is 6.61 Å². The summed E-state index contributed by atoms with van der Waals surface area (Å²) in [6.07, 6.45) is 0. The fourth-order valence-corrected chi connectivity index (χ4v) is 2.17. The van der Waals surface area contributed by atoms with E-state index in [4.69, 9.17) is 10.00 Å². The van der Waals surface area contributed by atoms with Crippen LogP contribution in [0.4, 0.5) is 0 Å². The van der Waals surface area contributed by atoms with E-state index < -0.39 is 24.0 Å². The molecule has 0 saturated heterocycles. The van der Waals surface area contributed by atoms with Crippen molar-refractivity contribution in [3.05, 3.63) is 41.6 Å². The summed E-state index contributed by atoms with van der Waals surface area (Å²) in [5.74, 6) is -1.03. The molecule has 0 aliphatic rings. The van der Waals surface area contributed by atoms with E-state index in [-0.39, 0.29) is 0 Å². The Labute approximate surface area is 140 Å². The van der Waals surface area contributed by atoms with Gasteiger partial charge in [-0.1, -0.05) is 18.2 Å². The summed E-state index contributed by atoms with van der Waals surface area (Å²) in [6, 6.07) is 10.9. The molecule has 1 heterocycles. The van der Waals surface area contributed by atoms with Gasteiger partial charge in [-0.2, -0.15) is 5.26 Å². The molecule has 1 aromatic heterocycles. The quantitative estimate of drug-likeness (QED) is 0.806. The first-order valence-corrected chi connectivity index (χ1v) is 7.47. The first kappa shape index (κ1) is 17.4. The predicted molar refractivity (Wildman–Crippen MR) is 89.2 cm³/mol. The van der Waals surface area contributed by atoms with E-state index in [0.717, 1.165) is 0 Å². The van der Waals surface area contributed by atoms with E-state index >= 15 is 0 Å². The van der Waals surface area contributed by atoms with Crippen LogP contribution in [0.3, 0.4) is 0 Å². The van der Waals surface area contributed by atoms with Gasteiger partial charge in [-0.15, -0.1) is 0 Å². The number of rotatable bonds is 4. The third-order valence-corrected chi connectivity index (χ3v) is 3.88. The number of nitrogens with zero attached hydrogens (tertiary/aromatic N) is 3. The van der Waals surface area contributed by atoms with Crippen molar-refractivity contribution in [1.82, 2.24) is 9.88 Å². The maximum atomic E-state index is 12.4. The van der Waals surface area contributed by atoms with Crippen LogP contribution in [-0.4, -0.2) is 41.0 Å². The molecule has 1 amide bonds. The monoisotopic (exact) mass is 325 g/mol. The van der Waals surface area contributed by atoms with Gasteiger partial charge in [0.05, 0.1) is 17.1 Å². The molecule has 0 N–H and O–H groups in total. The van der Waals surface area contributed by atoms with Crippen LogP contribution < -0.4 is 0 Å². The zero-order valence-corrected chi connectivity index (χ0v) is 14.2. The average Bonchev–Trinajstić information content (AvgIpc) is 2.57. The molecule has 0 unspecified atom stereocenters. The number of aryl methyl sites for hydroxylation is 1. The summed E-state index contributed by atoms with van der Waals surface area (Å²) in [5.41, 5.74) is 0.782. The molecule has 0 spiro atoms. The number of benzene rings is 1. The van der Waals surface area contributed by atoms with Gasteiger partial charge in [-0.3, -0.25) is 9.78 Å². The Balaban J connectivity index is 2.17. The zero-order chi connectivity index (χ0) is 17.9. The van der Waals surface area contributed by atoms with Crippen LogP contribution in [0.25, 0.3) is 10.9 Å². The van der Waals surface area contributed by atoms with Crippen LogP contribution in [0.2, 0.25) is 0 Å². The van der Waals surface area contributed by atoms with Crippen molar-refractivity contribution in [3.63, 3.8) is 0 Å². The number of carbonyl (C=O) groups excluding carboxylic acids is 2. The summed E-state index contributed by atoms with van der Waals surface area (Å²) in [7, 11) is 1.51. The molecule has 2 aromatic rings. The van der Waals surface area contributed by atoms with Crippen molar-refractivity contribution in [2.24, 2.45) is 0 Å². The van der Waals surface area contributed by atoms with E-state index in [2.05, 4.69) is 4.98 Å². The summed E-state index contributed by atoms with van der Waals surface area (Å²) < 4.78 is 5.15. The number of amides is 1. The number of ether oxygens (including phenoxy) is 1. The second kappa shape index (κ2) is 6.67. The molecule has 0 aliphatic heterocycles. The Morgan fingerprint density at radius 1 is 1.33 bits per heavy atom. The molecule has 0 fully saturated rings. The van der Waals surface area contributed by atoms with Gasteiger partial charge in [0, 0.05) is 18.1 Å². The second-order valence-corrected chi connectivity index (χ2v) is 6.03. The molecule has 0 atom stereocenters. The highest BCUT2D eigenvalue weighted by Gasteiger charge is 2.28. The van der Waals surface area contributed by atoms with Gasteiger partial charge < -0.3 is 9.64 Å². The van der Waals surface area contributed by atoms with Crippen molar-refractivity contribution in [2.45, 2.75) is 26.3 Å². The predicted octanol–water partition coefficient (Wildman–Crippen LogP) is 2.46. The lowest BCUT2D eigenvalue weighted by Gasteiger charge is -2.28. The lowest BCUT2D eigenvalue weighted by molar-refractivity contribution is -0.136. The Bertz CT molecular complexity index is 837. The van der Waals surface area contributed by atoms with Gasteiger partial charge in [-0.25, -0.2) is 4.79 Å². The highest BCUT2D eigenvalue weighted by atomic mass is 16.5. The highest BCUT2D eigenvalue weighted by molar-refractivity contribution is 6.04. The van der Waals surface area contributed by atoms with Crippen molar-refractivity contribution >= 4 is 22.8 Å². The number of hydrogen-bond acceptors (Lipinski definition) is 5. The number of carbonyl (C=O) groups is 2. The number of nitriles is 1. The summed E-state index contributed by atoms with van der Waals surface area (Å²) >= 11 is 0. The molecule has 124 valence electrons. The smallest absolute Gasteiger partial charge is 0.339 e. The van der Waals surface area contributed by atoms with Crippen molar-refractivity contribution in [2.75, 3.05) is 13.7 Å². The Hall–Kier alpha value is -2.94. The van der Waals surface area contributed by atoms with Gasteiger partial charge in [0.2, 0.25) is 0 Å². The molecule has 0 bridgehead atoms. The van der Waals surface area contributed by atoms with Crippen molar-refractivity contribution in [3.8, 4) is 6.07 Å². The van der Waals surface area contributed by atoms with Crippen LogP contribution in [0, 0.1) is 18.3 Å². The lowest BCUT2D eigenvalue weighted by atomic mass is 10.1. The van der Waals surface area contributed by atoms with E-state index in [9.17, 15) is 9.59 Å². The normalized spacial score (nSPS) is 11.0. The summed E-state index contributed by atoms with van der Waals surface area (Å²) in [4.78, 5) is 30.1. The minimum Gasteiger partial charge on any atom is -0.452 e. The molecule has 24 heavy (non-hydrogen) atoms. The van der Waals surface area contributed by atoms with Crippen molar-refractivity contribution < 1.29 is 14.3 Å². The van der Waals surface area contributed by atoms with E-state index in [0.29, 0.717) is 22.2 Å². The second-order valence-electron chi connectivity index (χ2n) is 6.03. The molecule has 1 aromatic carbocycles. The number of esters is 1. The SMILES string of the molecule is Cc1cc(C(=O)OCC(=O)N(C)C(C)(C)C#N)c2ccccc2n1. The third kappa shape index (κ3) is 3.51. The van der Waals surface area contributed by atoms with Crippen LogP contribution in [0.5, 0.6) is 0 Å². The molecule has 0 saturated carbocycles. The molecule has 6 heteroatoms. The van der Waals surface area contributed by atoms with Crippen LogP contribution in [0.15, 0.2) is 30.3 Å². The fourth-order valence-electron chi connectivity index (χ4n) is 2.17. The molecule has 2 rings (SSSR count). The number of likely N-dealkylation sites (N-methyl/N-ethyl adjacent to an activating group) is 1. The fraction of sp³-hybridized carbons (Fsp3) is 0.333. The van der Waals surface area contributed by atoms with Crippen LogP contribution in [-0.2, 0) is 9.53 Å². The largest absolute Gasteiger partial charge is 0.452 e. The number of aromatic nitrogens is 1. The molecule has 6 nitrogen and oxygen atoms in total. The van der Waals surface area contributed by atoms with E-state index in [1.54, 1.807) is 32.9 Å². The average molecular weight is 325 g/mol. The first-order valence-electron chi connectivity index (χ1n) is 7.47. The number of fused-ring (bicyclic) bond motifs is 1. The lowest BCUT2D eigenvalue weighted by Crippen LogP contribution is -2.45. The summed E-state index contributed by atoms with van der Waals surface area (Å²) in [6.45, 7) is 4.60. The maximum absolute atomic E-state index is 12.4. The third-order valence-electron chi connectivity index (χ3n) is 3.88. The topological polar surface area (TPSA) is 83.3 Å². The first-order chi connectivity index (χ1) is 11.3. The Morgan fingerprint density at radius 2 is 2.00 bits per heavy atom. The Kier molecular flexibility index (Phi) is 4.84. The molecule has 0 aliphatic carbocycles. The van der Waals surface area contributed by atoms with Crippen LogP contribution in [0.1, 0.15) is 29.9 Å².